The smallest absolute Gasteiger partial charge is 0.419 e. The molecule has 1 aromatic rings. The maximum Gasteiger partial charge on any atom is 0.419 e. The van der Waals surface area contributed by atoms with Gasteiger partial charge in [-0.2, -0.15) is 13.2 Å². The van der Waals surface area contributed by atoms with E-state index in [9.17, 15) is 13.2 Å². The molecule has 1 aliphatic heterocycles. The third-order valence-electron chi connectivity index (χ3n) is 5.86. The number of rotatable bonds is 11. The minimum atomic E-state index is -4.51. The van der Waals surface area contributed by atoms with E-state index in [0.717, 1.165) is 56.8 Å². The van der Waals surface area contributed by atoms with Crippen molar-refractivity contribution in [1.29, 1.82) is 0 Å². The van der Waals surface area contributed by atoms with E-state index in [4.69, 9.17) is 9.73 Å². The SMILES string of the molecule is C/C=C(\N=C(C(C)CC)C1CCCN1)c1ccc(OC/C=C/CCCC)c(C(F)(F)F)c1. The monoisotopic (exact) mass is 450 g/mol. The minimum absolute atomic E-state index is 0.117. The van der Waals surface area contributed by atoms with Gasteiger partial charge in [0.25, 0.3) is 0 Å². The van der Waals surface area contributed by atoms with Gasteiger partial charge in [-0.3, -0.25) is 4.99 Å². The fourth-order valence-electron chi connectivity index (χ4n) is 3.80. The fourth-order valence-corrected chi connectivity index (χ4v) is 3.80. The second kappa shape index (κ2) is 12.8. The molecule has 0 bridgehead atoms. The average Bonchev–Trinajstić information content (AvgIpc) is 3.30. The van der Waals surface area contributed by atoms with Crippen LogP contribution < -0.4 is 10.1 Å². The van der Waals surface area contributed by atoms with Crippen LogP contribution in [0, 0.1) is 5.92 Å². The third kappa shape index (κ3) is 7.51. The number of allylic oxidation sites excluding steroid dienone is 2. The Morgan fingerprint density at radius 2 is 2.06 bits per heavy atom. The van der Waals surface area contributed by atoms with Gasteiger partial charge >= 0.3 is 6.18 Å². The first-order valence-corrected chi connectivity index (χ1v) is 11.8. The van der Waals surface area contributed by atoms with Crippen LogP contribution in [0.4, 0.5) is 13.2 Å². The van der Waals surface area contributed by atoms with Crippen molar-refractivity contribution in [2.75, 3.05) is 13.2 Å². The molecule has 3 nitrogen and oxygen atoms in total. The lowest BCUT2D eigenvalue weighted by atomic mass is 9.95. The van der Waals surface area contributed by atoms with Gasteiger partial charge in [-0.1, -0.05) is 51.8 Å². The van der Waals surface area contributed by atoms with Gasteiger partial charge in [-0.15, -0.1) is 0 Å². The highest BCUT2D eigenvalue weighted by Crippen LogP contribution is 2.38. The predicted molar refractivity (Wildman–Crippen MR) is 127 cm³/mol. The standard InChI is InChI=1S/C26H37F3N2O/c1-5-8-9-10-11-17-32-24-15-14-20(18-21(24)26(27,28)29)22(7-3)31-25(19(4)6-2)23-13-12-16-30-23/h7,10-11,14-15,18-19,23,30H,5-6,8-9,12-13,16-17H2,1-4H3/b11-10+,22-7-,31-25?. The average molecular weight is 451 g/mol. The van der Waals surface area contributed by atoms with Crippen molar-refractivity contribution in [3.05, 3.63) is 47.6 Å². The first kappa shape index (κ1) is 26.2. The topological polar surface area (TPSA) is 33.6 Å². The highest BCUT2D eigenvalue weighted by atomic mass is 19.4. The van der Waals surface area contributed by atoms with E-state index in [-0.39, 0.29) is 24.3 Å². The second-order valence-electron chi connectivity index (χ2n) is 8.30. The van der Waals surface area contributed by atoms with E-state index in [2.05, 4.69) is 26.1 Å². The summed E-state index contributed by atoms with van der Waals surface area (Å²) in [5, 5.41) is 3.47. The molecule has 32 heavy (non-hydrogen) atoms. The van der Waals surface area contributed by atoms with Crippen LogP contribution >= 0.6 is 0 Å². The van der Waals surface area contributed by atoms with Crippen LogP contribution in [0.2, 0.25) is 0 Å². The number of nitrogens with zero attached hydrogens (tertiary/aromatic N) is 1. The van der Waals surface area contributed by atoms with Crippen molar-refractivity contribution < 1.29 is 17.9 Å². The molecular weight excluding hydrogens is 413 g/mol. The molecule has 1 N–H and O–H groups in total. The summed E-state index contributed by atoms with van der Waals surface area (Å²) in [6.45, 7) is 9.20. The predicted octanol–water partition coefficient (Wildman–Crippen LogP) is 7.43. The Hall–Kier alpha value is -2.08. The lowest BCUT2D eigenvalue weighted by Gasteiger charge is -2.21. The molecule has 2 rings (SSSR count). The van der Waals surface area contributed by atoms with Crippen LogP contribution in [-0.4, -0.2) is 24.9 Å². The van der Waals surface area contributed by atoms with Crippen molar-refractivity contribution >= 4 is 11.4 Å². The Balaban J connectivity index is 2.31. The number of alkyl halides is 3. The number of benzene rings is 1. The number of hydrogen-bond donors (Lipinski definition) is 1. The van der Waals surface area contributed by atoms with Crippen molar-refractivity contribution in [3.8, 4) is 5.75 Å². The molecule has 6 heteroatoms. The Bertz CT molecular complexity index is 806. The van der Waals surface area contributed by atoms with Crippen LogP contribution in [0.1, 0.15) is 77.3 Å². The van der Waals surface area contributed by atoms with E-state index in [1.807, 2.05) is 13.0 Å². The first-order valence-electron chi connectivity index (χ1n) is 11.8. The van der Waals surface area contributed by atoms with Gasteiger partial charge in [0.05, 0.1) is 11.3 Å². The Morgan fingerprint density at radius 1 is 1.28 bits per heavy atom. The number of halogens is 3. The zero-order valence-electron chi connectivity index (χ0n) is 19.8. The summed E-state index contributed by atoms with van der Waals surface area (Å²) in [4.78, 5) is 4.87. The number of unbranched alkanes of at least 4 members (excludes halogenated alkanes) is 2. The van der Waals surface area contributed by atoms with Crippen molar-refractivity contribution in [2.45, 2.75) is 78.4 Å². The summed E-state index contributed by atoms with van der Waals surface area (Å²) in [6, 6.07) is 4.42. The van der Waals surface area contributed by atoms with Gasteiger partial charge in [0.15, 0.2) is 0 Å². The highest BCUT2D eigenvalue weighted by molar-refractivity contribution is 5.95. The fraction of sp³-hybridized carbons (Fsp3) is 0.577. The zero-order chi connectivity index (χ0) is 23.6. The minimum Gasteiger partial charge on any atom is -0.489 e. The largest absolute Gasteiger partial charge is 0.489 e. The number of nitrogens with one attached hydrogen (secondary N) is 1. The molecule has 1 aliphatic rings. The van der Waals surface area contributed by atoms with E-state index < -0.39 is 11.7 Å². The molecule has 1 heterocycles. The summed E-state index contributed by atoms with van der Waals surface area (Å²) >= 11 is 0. The molecule has 0 aromatic heterocycles. The molecule has 2 unspecified atom stereocenters. The maximum atomic E-state index is 13.8. The third-order valence-corrected chi connectivity index (χ3v) is 5.86. The van der Waals surface area contributed by atoms with Crippen molar-refractivity contribution in [3.63, 3.8) is 0 Å². The summed E-state index contributed by atoms with van der Waals surface area (Å²) in [5.41, 5.74) is 1.26. The maximum absolute atomic E-state index is 13.8. The van der Waals surface area contributed by atoms with Crippen molar-refractivity contribution in [2.24, 2.45) is 10.9 Å². The molecule has 178 valence electrons. The lowest BCUT2D eigenvalue weighted by molar-refractivity contribution is -0.138. The van der Waals surface area contributed by atoms with Gasteiger partial charge in [0.1, 0.15) is 12.4 Å². The van der Waals surface area contributed by atoms with E-state index in [1.54, 1.807) is 18.2 Å². The normalized spacial score (nSPS) is 19.0. The summed E-state index contributed by atoms with van der Waals surface area (Å²) in [7, 11) is 0. The Morgan fingerprint density at radius 3 is 2.66 bits per heavy atom. The Labute approximate surface area is 190 Å². The van der Waals surface area contributed by atoms with Gasteiger partial charge < -0.3 is 10.1 Å². The lowest BCUT2D eigenvalue weighted by Crippen LogP contribution is -2.34. The molecule has 0 saturated carbocycles. The second-order valence-corrected chi connectivity index (χ2v) is 8.30. The highest BCUT2D eigenvalue weighted by Gasteiger charge is 2.35. The molecular formula is C26H37F3N2O. The van der Waals surface area contributed by atoms with Crippen LogP contribution in [-0.2, 0) is 6.18 Å². The van der Waals surface area contributed by atoms with Crippen LogP contribution in [0.3, 0.4) is 0 Å². The Kier molecular flexibility index (Phi) is 10.5. The summed E-state index contributed by atoms with van der Waals surface area (Å²) in [6.07, 6.45) is 7.06. The van der Waals surface area contributed by atoms with E-state index >= 15 is 0 Å². The first-order chi connectivity index (χ1) is 15.3. The van der Waals surface area contributed by atoms with Crippen LogP contribution in [0.15, 0.2) is 41.4 Å². The van der Waals surface area contributed by atoms with Gasteiger partial charge in [0, 0.05) is 17.3 Å². The summed E-state index contributed by atoms with van der Waals surface area (Å²) in [5.74, 6) is 0.102. The quantitative estimate of drug-likeness (QED) is 0.216. The molecule has 0 radical (unpaired) electrons. The van der Waals surface area contributed by atoms with E-state index in [0.29, 0.717) is 11.3 Å². The van der Waals surface area contributed by atoms with Crippen molar-refractivity contribution in [1.82, 2.24) is 5.32 Å². The zero-order valence-corrected chi connectivity index (χ0v) is 19.8. The van der Waals surface area contributed by atoms with Gasteiger partial charge in [-0.25, -0.2) is 0 Å². The molecule has 1 aromatic carbocycles. The van der Waals surface area contributed by atoms with Gasteiger partial charge in [-0.05, 0) is 63.3 Å². The number of aliphatic imine (C=N–C) groups is 1. The van der Waals surface area contributed by atoms with Gasteiger partial charge in [0.2, 0.25) is 0 Å². The van der Waals surface area contributed by atoms with Crippen LogP contribution in [0.5, 0.6) is 5.75 Å². The van der Waals surface area contributed by atoms with E-state index in [1.165, 1.54) is 6.07 Å². The van der Waals surface area contributed by atoms with Crippen LogP contribution in [0.25, 0.3) is 5.70 Å². The summed E-state index contributed by atoms with van der Waals surface area (Å²) < 4.78 is 46.9. The molecule has 1 fully saturated rings. The number of ether oxygens (including phenoxy) is 1. The molecule has 2 atom stereocenters. The molecule has 0 spiro atoms. The molecule has 0 aliphatic carbocycles. The molecule has 1 saturated heterocycles. The number of hydrogen-bond acceptors (Lipinski definition) is 3. The molecule has 0 amide bonds.